The van der Waals surface area contributed by atoms with Crippen molar-refractivity contribution in [1.82, 2.24) is 0 Å². The van der Waals surface area contributed by atoms with Crippen LogP contribution in [-0.2, 0) is 18.6 Å². The highest BCUT2D eigenvalue weighted by Gasteiger charge is 2.52. The Labute approximate surface area is 366 Å². The summed E-state index contributed by atoms with van der Waals surface area (Å²) >= 11 is 0. The summed E-state index contributed by atoms with van der Waals surface area (Å²) < 4.78 is 25.6. The molecule has 0 aliphatic carbocycles. The van der Waals surface area contributed by atoms with E-state index in [1.165, 1.54) is 73.6 Å². The largest absolute Gasteiger partial charge is 0.494 e. The van der Waals surface area contributed by atoms with E-state index in [0.717, 1.165) is 23.8 Å². The van der Waals surface area contributed by atoms with E-state index < -0.39 is 0 Å². The fourth-order valence-electron chi connectivity index (χ4n) is 9.44. The molecular weight excluding hydrogens is 734 g/mol. The third-order valence-corrected chi connectivity index (χ3v) is 15.1. The second-order valence-electron chi connectivity index (χ2n) is 20.4. The summed E-state index contributed by atoms with van der Waals surface area (Å²) in [5.41, 5.74) is 6.60. The summed E-state index contributed by atoms with van der Waals surface area (Å²) in [4.78, 5) is 0. The number of benzene rings is 4. The molecule has 4 nitrogen and oxygen atoms in total. The Morgan fingerprint density at radius 3 is 1.28 bits per heavy atom. The molecule has 0 spiro atoms. The Morgan fingerprint density at radius 1 is 0.417 bits per heavy atom. The van der Waals surface area contributed by atoms with Gasteiger partial charge in [0, 0.05) is 0 Å². The molecule has 0 aromatic heterocycles. The molecule has 0 N–H and O–H groups in total. The van der Waals surface area contributed by atoms with Gasteiger partial charge in [-0.1, -0.05) is 162 Å². The van der Waals surface area contributed by atoms with Gasteiger partial charge < -0.3 is 18.6 Å². The lowest BCUT2D eigenvalue weighted by molar-refractivity contribution is 0.00578. The second-order valence-corrected chi connectivity index (χ2v) is 20.4. The van der Waals surface area contributed by atoms with Crippen LogP contribution in [0.1, 0.15) is 186 Å². The van der Waals surface area contributed by atoms with Gasteiger partial charge in [0.25, 0.3) is 0 Å². The quantitative estimate of drug-likeness (QED) is 0.0658. The van der Waals surface area contributed by atoms with Crippen molar-refractivity contribution in [3.8, 4) is 0 Å². The molecule has 0 amide bonds. The fourth-order valence-corrected chi connectivity index (χ4v) is 9.44. The lowest BCUT2D eigenvalue weighted by Crippen LogP contribution is -2.41. The molecule has 4 aromatic rings. The van der Waals surface area contributed by atoms with Gasteiger partial charge >= 0.3 is 14.2 Å². The summed E-state index contributed by atoms with van der Waals surface area (Å²) in [5.74, 6) is 2.73. The fraction of sp³-hybridized carbons (Fsp3) is 0.556. The Hall–Kier alpha value is -3.15. The summed E-state index contributed by atoms with van der Waals surface area (Å²) in [6.45, 7) is 24.2. The maximum atomic E-state index is 6.41. The normalized spacial score (nSPS) is 20.4. The standard InChI is InChI=1S/C54H76B2O4/c1-12-41(38-48(37-40(3)43-24-18-15-19-25-43)46-31-35-50(36-32-46)56-59-53(8,9)54(10,11)60-56)23-17-14-22-28-47(39-42(13-2)44-26-20-16-21-27-44)45-29-33-49(34-30-45)55-57-51(4,5)52(6,7)58-55/h15-16,18-21,24-27,29-36,40-42,47-48H,12-14,17,22-23,28,37-39H2,1-11H3. The van der Waals surface area contributed by atoms with Crippen molar-refractivity contribution in [2.24, 2.45) is 5.92 Å². The highest BCUT2D eigenvalue weighted by atomic mass is 16.7. The second kappa shape index (κ2) is 19.9. The van der Waals surface area contributed by atoms with E-state index in [9.17, 15) is 0 Å². The Balaban J connectivity index is 1.10. The molecule has 4 aromatic carbocycles. The average Bonchev–Trinajstić information content (AvgIpc) is 3.60. The SMILES string of the molecule is CCC(CCCCCC(CC(CC)c1ccccc1)c1ccc(B2OC(C)(C)C(C)(C)O2)cc1)CC(CC(C)c1ccccc1)c1ccc(B2OC(C)(C)C(C)(C)O2)cc1. The van der Waals surface area contributed by atoms with Gasteiger partial charge in [0.1, 0.15) is 0 Å². The van der Waals surface area contributed by atoms with Crippen LogP contribution >= 0.6 is 0 Å². The summed E-state index contributed by atoms with van der Waals surface area (Å²) in [5, 5.41) is 0. The Morgan fingerprint density at radius 2 is 0.833 bits per heavy atom. The minimum absolute atomic E-state index is 0.330. The van der Waals surface area contributed by atoms with Crippen LogP contribution in [0.2, 0.25) is 0 Å². The molecule has 2 heterocycles. The first-order valence-electron chi connectivity index (χ1n) is 23.5. The number of unbranched alkanes of at least 4 members (excludes halogenated alkanes) is 2. The Kier molecular flexibility index (Phi) is 15.4. The Bertz CT molecular complexity index is 1860. The van der Waals surface area contributed by atoms with E-state index in [1.54, 1.807) is 0 Å². The minimum atomic E-state index is -0.346. The van der Waals surface area contributed by atoms with E-state index in [-0.39, 0.29) is 36.6 Å². The first kappa shape index (κ1) is 46.4. The molecule has 0 bridgehead atoms. The summed E-state index contributed by atoms with van der Waals surface area (Å²) in [6, 6.07) is 40.7. The van der Waals surface area contributed by atoms with Crippen LogP contribution in [0.4, 0.5) is 0 Å². The van der Waals surface area contributed by atoms with Crippen LogP contribution in [0.25, 0.3) is 0 Å². The number of hydrogen-bond donors (Lipinski definition) is 0. The van der Waals surface area contributed by atoms with Gasteiger partial charge in [-0.2, -0.15) is 0 Å². The predicted octanol–water partition coefficient (Wildman–Crippen LogP) is 13.3. The first-order valence-corrected chi connectivity index (χ1v) is 23.5. The van der Waals surface area contributed by atoms with E-state index in [2.05, 4.69) is 185 Å². The molecule has 60 heavy (non-hydrogen) atoms. The van der Waals surface area contributed by atoms with Gasteiger partial charge in [-0.15, -0.1) is 0 Å². The summed E-state index contributed by atoms with van der Waals surface area (Å²) in [6.07, 6.45) is 12.2. The summed E-state index contributed by atoms with van der Waals surface area (Å²) in [7, 11) is -0.663. The van der Waals surface area contributed by atoms with Gasteiger partial charge in [0.05, 0.1) is 22.4 Å². The molecule has 2 fully saturated rings. The van der Waals surface area contributed by atoms with Gasteiger partial charge in [-0.3, -0.25) is 0 Å². The number of hydrogen-bond acceptors (Lipinski definition) is 4. The lowest BCUT2D eigenvalue weighted by Gasteiger charge is -2.32. The molecule has 2 aliphatic rings. The molecule has 2 aliphatic heterocycles. The van der Waals surface area contributed by atoms with E-state index in [0.29, 0.717) is 29.6 Å². The van der Waals surface area contributed by atoms with Gasteiger partial charge in [-0.05, 0) is 150 Å². The molecule has 2 saturated heterocycles. The zero-order chi connectivity index (χ0) is 43.1. The van der Waals surface area contributed by atoms with Crippen molar-refractivity contribution in [2.75, 3.05) is 0 Å². The highest BCUT2D eigenvalue weighted by Crippen LogP contribution is 2.40. The van der Waals surface area contributed by atoms with Gasteiger partial charge in [0.15, 0.2) is 0 Å². The maximum Gasteiger partial charge on any atom is 0.494 e. The third-order valence-electron chi connectivity index (χ3n) is 15.1. The van der Waals surface area contributed by atoms with Crippen molar-refractivity contribution in [2.45, 2.75) is 186 Å². The molecule has 0 radical (unpaired) electrons. The van der Waals surface area contributed by atoms with Crippen molar-refractivity contribution < 1.29 is 18.6 Å². The monoisotopic (exact) mass is 811 g/mol. The van der Waals surface area contributed by atoms with Crippen LogP contribution in [-0.4, -0.2) is 36.6 Å². The first-order chi connectivity index (χ1) is 28.5. The van der Waals surface area contributed by atoms with Crippen molar-refractivity contribution in [3.05, 3.63) is 131 Å². The van der Waals surface area contributed by atoms with Crippen molar-refractivity contribution in [3.63, 3.8) is 0 Å². The molecule has 6 rings (SSSR count). The molecule has 5 unspecified atom stereocenters. The average molecular weight is 811 g/mol. The third kappa shape index (κ3) is 11.3. The van der Waals surface area contributed by atoms with Crippen LogP contribution in [0.5, 0.6) is 0 Å². The zero-order valence-electron chi connectivity index (χ0n) is 39.1. The molecule has 0 saturated carbocycles. The zero-order valence-corrected chi connectivity index (χ0v) is 39.1. The molecule has 6 heteroatoms. The van der Waals surface area contributed by atoms with E-state index >= 15 is 0 Å². The maximum absolute atomic E-state index is 6.41. The van der Waals surface area contributed by atoms with Gasteiger partial charge in [0.2, 0.25) is 0 Å². The predicted molar refractivity (Wildman–Crippen MR) is 255 cm³/mol. The van der Waals surface area contributed by atoms with Crippen molar-refractivity contribution in [1.29, 1.82) is 0 Å². The lowest BCUT2D eigenvalue weighted by atomic mass is 9.75. The van der Waals surface area contributed by atoms with Crippen LogP contribution in [0, 0.1) is 5.92 Å². The molecule has 322 valence electrons. The van der Waals surface area contributed by atoms with Crippen LogP contribution in [0.15, 0.2) is 109 Å². The highest BCUT2D eigenvalue weighted by molar-refractivity contribution is 6.62. The van der Waals surface area contributed by atoms with Crippen LogP contribution < -0.4 is 10.9 Å². The molecule has 5 atom stereocenters. The van der Waals surface area contributed by atoms with E-state index in [1.807, 2.05) is 0 Å². The smallest absolute Gasteiger partial charge is 0.399 e. The van der Waals surface area contributed by atoms with Gasteiger partial charge in [-0.25, -0.2) is 0 Å². The van der Waals surface area contributed by atoms with Crippen LogP contribution in [0.3, 0.4) is 0 Å². The molecular formula is C54H76B2O4. The van der Waals surface area contributed by atoms with E-state index in [4.69, 9.17) is 18.6 Å². The minimum Gasteiger partial charge on any atom is -0.399 e. The van der Waals surface area contributed by atoms with Crippen molar-refractivity contribution >= 4 is 25.2 Å². The topological polar surface area (TPSA) is 36.9 Å². The number of rotatable bonds is 20.